The molecule has 2 rings (SSSR count). The van der Waals surface area contributed by atoms with Gasteiger partial charge in [0.25, 0.3) is 5.91 Å². The molecule has 1 saturated heterocycles. The summed E-state index contributed by atoms with van der Waals surface area (Å²) in [5.41, 5.74) is 0.506. The maximum atomic E-state index is 11.7. The number of methoxy groups -OCH3 is 1. The maximum Gasteiger partial charge on any atom is 0.252 e. The molecule has 19 heavy (non-hydrogen) atoms. The second kappa shape index (κ2) is 7.06. The Bertz CT molecular complexity index is 402. The smallest absolute Gasteiger partial charge is 0.252 e. The molecule has 1 aromatic rings. The first kappa shape index (κ1) is 13.8. The molecule has 1 fully saturated rings. The number of rotatable bonds is 6. The second-order valence-electron chi connectivity index (χ2n) is 4.24. The van der Waals surface area contributed by atoms with Crippen molar-refractivity contribution in [2.75, 3.05) is 33.5 Å². The highest BCUT2D eigenvalue weighted by Crippen LogP contribution is 2.14. The van der Waals surface area contributed by atoms with Gasteiger partial charge >= 0.3 is 0 Å². The standard InChI is InChI=1S/C13H18N2O4/c1-17-7-5-14-13(16)10-2-3-12(15-8-10)19-11-4-6-18-9-11/h2-3,8,11H,4-7,9H2,1H3,(H,14,16). The molecule has 6 nitrogen and oxygen atoms in total. The second-order valence-corrected chi connectivity index (χ2v) is 4.24. The third-order valence-corrected chi connectivity index (χ3v) is 2.77. The summed E-state index contributed by atoms with van der Waals surface area (Å²) in [7, 11) is 1.59. The Morgan fingerprint density at radius 2 is 2.47 bits per heavy atom. The molecule has 1 aromatic heterocycles. The van der Waals surface area contributed by atoms with Crippen LogP contribution >= 0.6 is 0 Å². The van der Waals surface area contributed by atoms with Crippen molar-refractivity contribution in [1.82, 2.24) is 10.3 Å². The molecule has 1 unspecified atom stereocenters. The minimum Gasteiger partial charge on any atom is -0.472 e. The Morgan fingerprint density at radius 3 is 3.11 bits per heavy atom. The predicted molar refractivity (Wildman–Crippen MR) is 68.3 cm³/mol. The quantitative estimate of drug-likeness (QED) is 0.765. The van der Waals surface area contributed by atoms with Crippen molar-refractivity contribution in [3.8, 4) is 5.88 Å². The van der Waals surface area contributed by atoms with Crippen LogP contribution in [0.2, 0.25) is 0 Å². The van der Waals surface area contributed by atoms with Crippen molar-refractivity contribution in [3.63, 3.8) is 0 Å². The highest BCUT2D eigenvalue weighted by atomic mass is 16.5. The van der Waals surface area contributed by atoms with Crippen LogP contribution in [0.4, 0.5) is 0 Å². The lowest BCUT2D eigenvalue weighted by Crippen LogP contribution is -2.27. The molecule has 6 heteroatoms. The Labute approximate surface area is 112 Å². The van der Waals surface area contributed by atoms with Gasteiger partial charge in [-0.3, -0.25) is 4.79 Å². The van der Waals surface area contributed by atoms with Crippen LogP contribution in [0.3, 0.4) is 0 Å². The van der Waals surface area contributed by atoms with Crippen LogP contribution in [0.15, 0.2) is 18.3 Å². The van der Waals surface area contributed by atoms with E-state index in [1.807, 2.05) is 0 Å². The van der Waals surface area contributed by atoms with Crippen LogP contribution in [0.1, 0.15) is 16.8 Å². The average molecular weight is 266 g/mol. The Balaban J connectivity index is 1.84. The molecule has 1 aliphatic heterocycles. The van der Waals surface area contributed by atoms with Crippen molar-refractivity contribution in [2.24, 2.45) is 0 Å². The van der Waals surface area contributed by atoms with Crippen LogP contribution in [0.5, 0.6) is 5.88 Å². The number of ether oxygens (including phenoxy) is 3. The van der Waals surface area contributed by atoms with Gasteiger partial charge in [0.05, 0.1) is 25.4 Å². The molecule has 2 heterocycles. The van der Waals surface area contributed by atoms with Gasteiger partial charge in [-0.2, -0.15) is 0 Å². The molecule has 0 bridgehead atoms. The summed E-state index contributed by atoms with van der Waals surface area (Å²) in [6.45, 7) is 2.29. The largest absolute Gasteiger partial charge is 0.472 e. The molecule has 0 aromatic carbocycles. The predicted octanol–water partition coefficient (Wildman–Crippen LogP) is 0.625. The fourth-order valence-electron chi connectivity index (χ4n) is 1.73. The van der Waals surface area contributed by atoms with Gasteiger partial charge in [-0.25, -0.2) is 4.98 Å². The molecule has 1 atom stereocenters. The van der Waals surface area contributed by atoms with E-state index < -0.39 is 0 Å². The summed E-state index contributed by atoms with van der Waals surface area (Å²) in [6, 6.07) is 3.39. The third-order valence-electron chi connectivity index (χ3n) is 2.77. The van der Waals surface area contributed by atoms with Crippen LogP contribution in [0, 0.1) is 0 Å². The Kier molecular flexibility index (Phi) is 5.11. The number of amides is 1. The summed E-state index contributed by atoms with van der Waals surface area (Å²) >= 11 is 0. The van der Waals surface area contributed by atoms with Crippen LogP contribution in [-0.2, 0) is 9.47 Å². The minimum atomic E-state index is -0.166. The van der Waals surface area contributed by atoms with E-state index in [1.165, 1.54) is 6.20 Å². The van der Waals surface area contributed by atoms with Gasteiger partial charge in [-0.1, -0.05) is 0 Å². The van der Waals surface area contributed by atoms with Gasteiger partial charge in [0.2, 0.25) is 5.88 Å². The van der Waals surface area contributed by atoms with Crippen LogP contribution < -0.4 is 10.1 Å². The van der Waals surface area contributed by atoms with Gasteiger partial charge < -0.3 is 19.5 Å². The molecule has 1 N–H and O–H groups in total. The average Bonchev–Trinajstić information content (AvgIpc) is 2.93. The zero-order chi connectivity index (χ0) is 13.5. The number of hydrogen-bond donors (Lipinski definition) is 1. The summed E-state index contributed by atoms with van der Waals surface area (Å²) < 4.78 is 15.7. The van der Waals surface area contributed by atoms with E-state index in [-0.39, 0.29) is 12.0 Å². The molecule has 1 aliphatic rings. The fraction of sp³-hybridized carbons (Fsp3) is 0.538. The lowest BCUT2D eigenvalue weighted by molar-refractivity contribution is 0.0936. The minimum absolute atomic E-state index is 0.0638. The number of hydrogen-bond acceptors (Lipinski definition) is 5. The SMILES string of the molecule is COCCNC(=O)c1ccc(OC2CCOC2)nc1. The van der Waals surface area contributed by atoms with E-state index in [2.05, 4.69) is 10.3 Å². The number of pyridine rings is 1. The zero-order valence-electron chi connectivity index (χ0n) is 10.9. The number of carbonyl (C=O) groups excluding carboxylic acids is 1. The molecule has 0 radical (unpaired) electrons. The van der Waals surface area contributed by atoms with Crippen LogP contribution in [-0.4, -0.2) is 50.5 Å². The van der Waals surface area contributed by atoms with Crippen molar-refractivity contribution in [1.29, 1.82) is 0 Å². The fourth-order valence-corrected chi connectivity index (χ4v) is 1.73. The van der Waals surface area contributed by atoms with Crippen molar-refractivity contribution < 1.29 is 19.0 Å². The zero-order valence-corrected chi connectivity index (χ0v) is 10.9. The number of nitrogens with one attached hydrogen (secondary N) is 1. The van der Waals surface area contributed by atoms with Gasteiger partial charge in [-0.05, 0) is 6.07 Å². The van der Waals surface area contributed by atoms with E-state index in [1.54, 1.807) is 19.2 Å². The molecular weight excluding hydrogens is 248 g/mol. The van der Waals surface area contributed by atoms with Gasteiger partial charge in [-0.15, -0.1) is 0 Å². The van der Waals surface area contributed by atoms with Gasteiger partial charge in [0.15, 0.2) is 0 Å². The van der Waals surface area contributed by atoms with Crippen molar-refractivity contribution in [2.45, 2.75) is 12.5 Å². The summed E-state index contributed by atoms with van der Waals surface area (Å²) in [5.74, 6) is 0.351. The van der Waals surface area contributed by atoms with E-state index in [0.717, 1.165) is 13.0 Å². The first-order valence-electron chi connectivity index (χ1n) is 6.27. The van der Waals surface area contributed by atoms with E-state index >= 15 is 0 Å². The lowest BCUT2D eigenvalue weighted by Gasteiger charge is -2.10. The van der Waals surface area contributed by atoms with Crippen molar-refractivity contribution in [3.05, 3.63) is 23.9 Å². The summed E-state index contributed by atoms with van der Waals surface area (Å²) in [6.07, 6.45) is 2.45. The van der Waals surface area contributed by atoms with E-state index in [0.29, 0.717) is 31.2 Å². The maximum absolute atomic E-state index is 11.7. The van der Waals surface area contributed by atoms with Crippen LogP contribution in [0.25, 0.3) is 0 Å². The van der Waals surface area contributed by atoms with Gasteiger partial charge in [0.1, 0.15) is 6.10 Å². The molecule has 0 saturated carbocycles. The first-order chi connectivity index (χ1) is 9.29. The number of nitrogens with zero attached hydrogens (tertiary/aromatic N) is 1. The Hall–Kier alpha value is -1.66. The molecular formula is C13H18N2O4. The molecule has 1 amide bonds. The monoisotopic (exact) mass is 266 g/mol. The summed E-state index contributed by atoms with van der Waals surface area (Å²) in [5, 5.41) is 2.73. The molecule has 0 aliphatic carbocycles. The van der Waals surface area contributed by atoms with Gasteiger partial charge in [0, 0.05) is 32.3 Å². The highest BCUT2D eigenvalue weighted by Gasteiger charge is 2.17. The van der Waals surface area contributed by atoms with Crippen molar-refractivity contribution >= 4 is 5.91 Å². The normalized spacial score (nSPS) is 18.3. The highest BCUT2D eigenvalue weighted by molar-refractivity contribution is 5.93. The lowest BCUT2D eigenvalue weighted by atomic mass is 10.2. The summed E-state index contributed by atoms with van der Waals surface area (Å²) in [4.78, 5) is 15.8. The molecule has 0 spiro atoms. The topological polar surface area (TPSA) is 69.7 Å². The third kappa shape index (κ3) is 4.18. The number of carbonyl (C=O) groups is 1. The number of aromatic nitrogens is 1. The Morgan fingerprint density at radius 1 is 1.58 bits per heavy atom. The van der Waals surface area contributed by atoms with E-state index in [9.17, 15) is 4.79 Å². The molecule has 104 valence electrons. The van der Waals surface area contributed by atoms with E-state index in [4.69, 9.17) is 14.2 Å². The first-order valence-corrected chi connectivity index (χ1v) is 6.27.